The Morgan fingerprint density at radius 1 is 1.06 bits per heavy atom. The number of nitrogens with one attached hydrogen (secondary N) is 1. The van der Waals surface area contributed by atoms with Gasteiger partial charge in [-0.25, -0.2) is 0 Å². The number of hydrogen-bond acceptors (Lipinski definition) is 4. The third-order valence-electron chi connectivity index (χ3n) is 6.17. The third-order valence-corrected chi connectivity index (χ3v) is 9.30. The minimum absolute atomic E-state index is 0.110. The normalized spacial score (nSPS) is 12.9. The van der Waals surface area contributed by atoms with Gasteiger partial charge in [-0.3, -0.25) is 9.78 Å². The van der Waals surface area contributed by atoms with Crippen LogP contribution in [-0.2, 0) is 17.3 Å². The fraction of sp³-hybridized carbons (Fsp3) is 0.308. The van der Waals surface area contributed by atoms with E-state index in [4.69, 9.17) is 5.73 Å². The molecule has 0 saturated heterocycles. The Bertz CT molecular complexity index is 1240. The monoisotopic (exact) mass is 503 g/mol. The summed E-state index contributed by atoms with van der Waals surface area (Å²) in [6, 6.07) is 13.3. The molecule has 1 amide bonds. The van der Waals surface area contributed by atoms with Gasteiger partial charge in [-0.05, 0) is 53.4 Å². The van der Waals surface area contributed by atoms with Crippen LogP contribution < -0.4 is 16.5 Å². The molecule has 0 aliphatic rings. The Kier molecular flexibility index (Phi) is 8.18. The Labute approximate surface area is 203 Å². The summed E-state index contributed by atoms with van der Waals surface area (Å²) in [5.41, 5.74) is 8.24. The molecule has 9 heteroatoms. The van der Waals surface area contributed by atoms with E-state index in [1.165, 1.54) is 12.3 Å². The fourth-order valence-corrected chi connectivity index (χ4v) is 5.59. The number of pyridine rings is 1. The first-order valence-electron chi connectivity index (χ1n) is 11.4. The highest BCUT2D eigenvalue weighted by molar-refractivity contribution is 7.71. The van der Waals surface area contributed by atoms with E-state index in [0.717, 1.165) is 17.7 Å². The number of amides is 1. The molecule has 0 bridgehead atoms. The number of nitrogens with zero attached hydrogens (tertiary/aromatic N) is 1. The van der Waals surface area contributed by atoms with E-state index in [-0.39, 0.29) is 18.5 Å². The largest absolute Gasteiger partial charge is 0.416 e. The lowest BCUT2D eigenvalue weighted by molar-refractivity contribution is -0.137. The molecule has 0 radical (unpaired) electrons. The first-order valence-corrected chi connectivity index (χ1v) is 13.5. The van der Waals surface area contributed by atoms with Gasteiger partial charge in [0.25, 0.3) is 5.91 Å². The molecule has 2 aromatic carbocycles. The van der Waals surface area contributed by atoms with Gasteiger partial charge in [-0.2, -0.15) is 13.2 Å². The first-order chi connectivity index (χ1) is 16.5. The van der Waals surface area contributed by atoms with Gasteiger partial charge in [-0.15, -0.1) is 0 Å². The van der Waals surface area contributed by atoms with Crippen LogP contribution in [0.4, 0.5) is 13.2 Å². The van der Waals surface area contributed by atoms with Crippen LogP contribution in [0.2, 0.25) is 0 Å². The van der Waals surface area contributed by atoms with E-state index < -0.39 is 18.9 Å². The molecular formula is C26H29F3N3O2P. The molecule has 5 nitrogen and oxygen atoms in total. The molecule has 3 rings (SSSR count). The van der Waals surface area contributed by atoms with Crippen molar-refractivity contribution in [3.8, 4) is 11.1 Å². The zero-order valence-electron chi connectivity index (χ0n) is 19.9. The van der Waals surface area contributed by atoms with Gasteiger partial charge in [0.1, 0.15) is 12.6 Å². The molecule has 35 heavy (non-hydrogen) atoms. The molecule has 3 N–H and O–H groups in total. The maximum atomic E-state index is 13.2. The van der Waals surface area contributed by atoms with Crippen molar-refractivity contribution < 1.29 is 22.5 Å². The first kappa shape index (κ1) is 26.6. The number of aromatic nitrogens is 1. The van der Waals surface area contributed by atoms with E-state index >= 15 is 0 Å². The van der Waals surface area contributed by atoms with Gasteiger partial charge >= 0.3 is 6.18 Å². The average molecular weight is 504 g/mol. The molecule has 0 fully saturated rings. The quantitative estimate of drug-likeness (QED) is 0.384. The van der Waals surface area contributed by atoms with Crippen LogP contribution >= 0.6 is 7.14 Å². The van der Waals surface area contributed by atoms with Gasteiger partial charge in [0.15, 0.2) is 0 Å². The lowest BCUT2D eigenvalue weighted by atomic mass is 9.95. The minimum atomic E-state index is -4.45. The van der Waals surface area contributed by atoms with Crippen molar-refractivity contribution in [3.05, 3.63) is 83.0 Å². The van der Waals surface area contributed by atoms with Crippen LogP contribution in [0.15, 0.2) is 60.8 Å². The minimum Gasteiger partial charge on any atom is -0.346 e. The number of rotatable bonds is 8. The highest BCUT2D eigenvalue weighted by atomic mass is 31.2. The zero-order valence-corrected chi connectivity index (χ0v) is 20.8. The molecule has 0 saturated carbocycles. The van der Waals surface area contributed by atoms with Crippen molar-refractivity contribution >= 4 is 18.5 Å². The van der Waals surface area contributed by atoms with E-state index in [0.29, 0.717) is 40.0 Å². The topological polar surface area (TPSA) is 85.1 Å². The van der Waals surface area contributed by atoms with Crippen LogP contribution in [0.1, 0.15) is 53.9 Å². The number of nitrogens with two attached hydrogens (primary N) is 1. The van der Waals surface area contributed by atoms with Gasteiger partial charge in [0.2, 0.25) is 0 Å². The molecule has 0 aliphatic carbocycles. The lowest BCUT2D eigenvalue weighted by Gasteiger charge is -2.17. The standard InChI is InChI=1S/C26H29F3N3O2P/c1-4-35(34,5-2)24-14-20(12-13-31-24)25(33)32-17(3)18-6-8-19(9-7-18)23-15-22(26(27,28)29)11-10-21(23)16-30/h6-15,17H,4-5,16,30H2,1-3H3,(H,32,33)/t17-/m1/s1. The average Bonchev–Trinajstić information content (AvgIpc) is 2.87. The maximum absolute atomic E-state index is 13.2. The zero-order chi connectivity index (χ0) is 25.8. The number of alkyl halides is 3. The van der Waals surface area contributed by atoms with Gasteiger partial charge in [-0.1, -0.05) is 44.2 Å². The SMILES string of the molecule is CCP(=O)(CC)c1cc(C(=O)N[C@H](C)c2ccc(-c3cc(C(F)(F)F)ccc3CN)cc2)ccn1. The molecule has 3 aromatic rings. The number of halogens is 3. The Hall–Kier alpha value is -2.96. The number of carbonyl (C=O) groups is 1. The fourth-order valence-electron chi connectivity index (χ4n) is 3.84. The van der Waals surface area contributed by atoms with Crippen LogP contribution in [-0.4, -0.2) is 23.2 Å². The van der Waals surface area contributed by atoms with Crippen LogP contribution in [0.25, 0.3) is 11.1 Å². The summed E-state index contributed by atoms with van der Waals surface area (Å²) in [7, 11) is -2.62. The van der Waals surface area contributed by atoms with E-state index in [1.807, 2.05) is 20.8 Å². The van der Waals surface area contributed by atoms with Crippen molar-refractivity contribution in [1.82, 2.24) is 10.3 Å². The molecule has 1 atom stereocenters. The molecule has 1 heterocycles. The van der Waals surface area contributed by atoms with E-state index in [2.05, 4.69) is 10.3 Å². The second kappa shape index (κ2) is 10.8. The van der Waals surface area contributed by atoms with Crippen molar-refractivity contribution in [2.45, 2.75) is 39.5 Å². The molecule has 0 spiro atoms. The third kappa shape index (κ3) is 6.00. The Balaban J connectivity index is 1.80. The molecule has 1 aromatic heterocycles. The van der Waals surface area contributed by atoms with Crippen molar-refractivity contribution in [2.24, 2.45) is 5.73 Å². The summed E-state index contributed by atoms with van der Waals surface area (Å²) >= 11 is 0. The van der Waals surface area contributed by atoms with Gasteiger partial charge in [0, 0.05) is 30.6 Å². The molecular weight excluding hydrogens is 474 g/mol. The molecule has 0 aliphatic heterocycles. The smallest absolute Gasteiger partial charge is 0.346 e. The Morgan fingerprint density at radius 2 is 1.71 bits per heavy atom. The van der Waals surface area contributed by atoms with E-state index in [1.54, 1.807) is 36.4 Å². The summed E-state index contributed by atoms with van der Waals surface area (Å²) in [6.45, 7) is 5.62. The molecule has 0 unspecified atom stereocenters. The summed E-state index contributed by atoms with van der Waals surface area (Å²) < 4.78 is 52.5. The maximum Gasteiger partial charge on any atom is 0.416 e. The summed E-state index contributed by atoms with van der Waals surface area (Å²) in [6.07, 6.45) is -2.01. The summed E-state index contributed by atoms with van der Waals surface area (Å²) in [5.74, 6) is -0.327. The summed E-state index contributed by atoms with van der Waals surface area (Å²) in [4.78, 5) is 17.1. The second-order valence-electron chi connectivity index (χ2n) is 8.32. The van der Waals surface area contributed by atoms with Crippen molar-refractivity contribution in [2.75, 3.05) is 12.3 Å². The molecule has 186 valence electrons. The second-order valence-corrected chi connectivity index (χ2v) is 11.8. The van der Waals surface area contributed by atoms with Gasteiger partial charge < -0.3 is 15.6 Å². The van der Waals surface area contributed by atoms with Crippen molar-refractivity contribution in [1.29, 1.82) is 0 Å². The predicted octanol–water partition coefficient (Wildman–Crippen LogP) is 5.75. The highest BCUT2D eigenvalue weighted by Gasteiger charge is 2.31. The van der Waals surface area contributed by atoms with E-state index in [9.17, 15) is 22.5 Å². The van der Waals surface area contributed by atoms with Crippen LogP contribution in [0, 0.1) is 0 Å². The lowest BCUT2D eigenvalue weighted by Crippen LogP contribution is -2.28. The predicted molar refractivity (Wildman–Crippen MR) is 133 cm³/mol. The van der Waals surface area contributed by atoms with Crippen molar-refractivity contribution in [3.63, 3.8) is 0 Å². The van der Waals surface area contributed by atoms with Crippen LogP contribution in [0.3, 0.4) is 0 Å². The number of hydrogen-bond donors (Lipinski definition) is 2. The Morgan fingerprint density at radius 3 is 2.29 bits per heavy atom. The number of carbonyl (C=O) groups excluding carboxylic acids is 1. The highest BCUT2D eigenvalue weighted by Crippen LogP contribution is 2.42. The van der Waals surface area contributed by atoms with Crippen LogP contribution in [0.5, 0.6) is 0 Å². The van der Waals surface area contributed by atoms with Gasteiger partial charge in [0.05, 0.1) is 11.6 Å². The summed E-state index contributed by atoms with van der Waals surface area (Å²) in [5, 5.41) is 2.91. The number of benzene rings is 2.